The maximum Gasteiger partial charge on any atom is 0.137 e. The lowest BCUT2D eigenvalue weighted by Gasteiger charge is -2.33. The number of rotatable bonds is 7. The van der Waals surface area contributed by atoms with E-state index in [0.717, 1.165) is 57.7 Å². The van der Waals surface area contributed by atoms with E-state index in [4.69, 9.17) is 0 Å². The van der Waals surface area contributed by atoms with E-state index in [1.54, 1.807) is 0 Å². The van der Waals surface area contributed by atoms with E-state index < -0.39 is 0 Å². The first-order valence-corrected chi connectivity index (χ1v) is 7.63. The molecule has 5 nitrogen and oxygen atoms in total. The average molecular weight is 278 g/mol. The SMILES string of the molecule is C=CCCC(O)CN1CCCC(c2nncn2CC)C1. The molecule has 0 spiro atoms. The number of likely N-dealkylation sites (tertiary alicyclic amines) is 1. The largest absolute Gasteiger partial charge is 0.392 e. The van der Waals surface area contributed by atoms with E-state index in [1.165, 1.54) is 0 Å². The Morgan fingerprint density at radius 1 is 1.60 bits per heavy atom. The van der Waals surface area contributed by atoms with Crippen LogP contribution in [0.5, 0.6) is 0 Å². The quantitative estimate of drug-likeness (QED) is 0.773. The zero-order valence-electron chi connectivity index (χ0n) is 12.4. The molecule has 20 heavy (non-hydrogen) atoms. The molecule has 2 rings (SSSR count). The Bertz CT molecular complexity index is 418. The van der Waals surface area contributed by atoms with E-state index in [0.29, 0.717) is 5.92 Å². The summed E-state index contributed by atoms with van der Waals surface area (Å²) in [7, 11) is 0. The third-order valence-corrected chi connectivity index (χ3v) is 4.03. The van der Waals surface area contributed by atoms with Crippen molar-refractivity contribution in [2.45, 2.75) is 51.2 Å². The molecule has 1 N–H and O–H groups in total. The molecule has 1 aliphatic rings. The fourth-order valence-electron chi connectivity index (χ4n) is 2.96. The van der Waals surface area contributed by atoms with E-state index in [9.17, 15) is 5.11 Å². The van der Waals surface area contributed by atoms with Crippen LogP contribution < -0.4 is 0 Å². The number of aliphatic hydroxyl groups is 1. The standard InChI is InChI=1S/C15H26N4O/c1-3-5-8-14(20)11-18-9-6-7-13(10-18)15-17-16-12-19(15)4-2/h3,12-14,20H,1,4-11H2,2H3. The molecular weight excluding hydrogens is 252 g/mol. The Morgan fingerprint density at radius 3 is 3.20 bits per heavy atom. The molecule has 0 amide bonds. The van der Waals surface area contributed by atoms with Gasteiger partial charge in [-0.2, -0.15) is 0 Å². The van der Waals surface area contributed by atoms with Gasteiger partial charge in [0.05, 0.1) is 6.10 Å². The first-order chi connectivity index (χ1) is 9.74. The lowest BCUT2D eigenvalue weighted by molar-refractivity contribution is 0.0888. The normalized spacial score (nSPS) is 21.8. The van der Waals surface area contributed by atoms with Crippen LogP contribution in [0.2, 0.25) is 0 Å². The van der Waals surface area contributed by atoms with Crippen LogP contribution in [0.15, 0.2) is 19.0 Å². The third kappa shape index (κ3) is 3.90. The van der Waals surface area contributed by atoms with Crippen molar-refractivity contribution in [3.8, 4) is 0 Å². The van der Waals surface area contributed by atoms with Crippen LogP contribution >= 0.6 is 0 Å². The number of allylic oxidation sites excluding steroid dienone is 1. The maximum atomic E-state index is 10.0. The summed E-state index contributed by atoms with van der Waals surface area (Å²) >= 11 is 0. The predicted octanol–water partition coefficient (Wildman–Crippen LogP) is 1.80. The highest BCUT2D eigenvalue weighted by Crippen LogP contribution is 2.25. The molecule has 1 saturated heterocycles. The summed E-state index contributed by atoms with van der Waals surface area (Å²) in [5, 5.41) is 18.3. The minimum atomic E-state index is -0.254. The molecule has 0 saturated carbocycles. The third-order valence-electron chi connectivity index (χ3n) is 4.03. The summed E-state index contributed by atoms with van der Waals surface area (Å²) in [4.78, 5) is 2.36. The van der Waals surface area contributed by atoms with Gasteiger partial charge in [-0.3, -0.25) is 0 Å². The predicted molar refractivity (Wildman–Crippen MR) is 79.5 cm³/mol. The van der Waals surface area contributed by atoms with Crippen LogP contribution in [0.1, 0.15) is 44.3 Å². The van der Waals surface area contributed by atoms with E-state index in [2.05, 4.69) is 33.2 Å². The number of aryl methyl sites for hydroxylation is 1. The fourth-order valence-corrected chi connectivity index (χ4v) is 2.96. The van der Waals surface area contributed by atoms with Gasteiger partial charge in [-0.05, 0) is 39.2 Å². The van der Waals surface area contributed by atoms with Crippen molar-refractivity contribution < 1.29 is 5.11 Å². The van der Waals surface area contributed by atoms with Crippen molar-refractivity contribution in [1.29, 1.82) is 0 Å². The van der Waals surface area contributed by atoms with Crippen molar-refractivity contribution in [3.05, 3.63) is 24.8 Å². The summed E-state index contributed by atoms with van der Waals surface area (Å²) in [6.45, 7) is 9.54. The summed E-state index contributed by atoms with van der Waals surface area (Å²) < 4.78 is 2.13. The van der Waals surface area contributed by atoms with E-state index >= 15 is 0 Å². The van der Waals surface area contributed by atoms with Crippen molar-refractivity contribution in [3.63, 3.8) is 0 Å². The lowest BCUT2D eigenvalue weighted by Crippen LogP contribution is -2.40. The zero-order chi connectivity index (χ0) is 14.4. The van der Waals surface area contributed by atoms with Crippen LogP contribution in [0.25, 0.3) is 0 Å². The average Bonchev–Trinajstić information content (AvgIpc) is 2.94. The van der Waals surface area contributed by atoms with E-state index in [-0.39, 0.29) is 6.10 Å². The Labute approximate surface area is 121 Å². The fraction of sp³-hybridized carbons (Fsp3) is 0.733. The summed E-state index contributed by atoms with van der Waals surface area (Å²) in [5.41, 5.74) is 0. The molecule has 0 bridgehead atoms. The van der Waals surface area contributed by atoms with Gasteiger partial charge < -0.3 is 14.6 Å². The number of piperidine rings is 1. The highest BCUT2D eigenvalue weighted by Gasteiger charge is 2.25. The van der Waals surface area contributed by atoms with Crippen molar-refractivity contribution in [1.82, 2.24) is 19.7 Å². The van der Waals surface area contributed by atoms with Gasteiger partial charge in [-0.25, -0.2) is 0 Å². The second-order valence-electron chi connectivity index (χ2n) is 5.59. The molecule has 2 unspecified atom stereocenters. The number of hydrogen-bond acceptors (Lipinski definition) is 4. The van der Waals surface area contributed by atoms with Crippen LogP contribution in [0.3, 0.4) is 0 Å². The van der Waals surface area contributed by atoms with Gasteiger partial charge >= 0.3 is 0 Å². The monoisotopic (exact) mass is 278 g/mol. The molecule has 1 fully saturated rings. The van der Waals surface area contributed by atoms with Crippen LogP contribution in [0.4, 0.5) is 0 Å². The number of hydrogen-bond donors (Lipinski definition) is 1. The number of β-amino-alcohol motifs (C(OH)–C–C–N with tert-alkyl or cyclic N) is 1. The molecule has 1 aromatic rings. The molecule has 0 radical (unpaired) electrons. The second-order valence-corrected chi connectivity index (χ2v) is 5.59. The minimum Gasteiger partial charge on any atom is -0.392 e. The van der Waals surface area contributed by atoms with Gasteiger partial charge in [0.25, 0.3) is 0 Å². The Morgan fingerprint density at radius 2 is 2.45 bits per heavy atom. The smallest absolute Gasteiger partial charge is 0.137 e. The van der Waals surface area contributed by atoms with Crippen molar-refractivity contribution in [2.75, 3.05) is 19.6 Å². The molecule has 2 atom stereocenters. The topological polar surface area (TPSA) is 54.2 Å². The number of aliphatic hydroxyl groups excluding tert-OH is 1. The Kier molecular flexibility index (Phi) is 5.73. The zero-order valence-corrected chi connectivity index (χ0v) is 12.4. The maximum absolute atomic E-state index is 10.0. The van der Waals surface area contributed by atoms with Gasteiger partial charge in [-0.15, -0.1) is 16.8 Å². The molecular formula is C15H26N4O. The molecule has 1 aromatic heterocycles. The minimum absolute atomic E-state index is 0.254. The Balaban J connectivity index is 1.90. The first kappa shape index (κ1) is 15.2. The van der Waals surface area contributed by atoms with Crippen LogP contribution in [-0.4, -0.2) is 50.5 Å². The summed E-state index contributed by atoms with van der Waals surface area (Å²) in [6, 6.07) is 0. The van der Waals surface area contributed by atoms with Crippen molar-refractivity contribution in [2.24, 2.45) is 0 Å². The molecule has 112 valence electrons. The van der Waals surface area contributed by atoms with Gasteiger partial charge in [-0.1, -0.05) is 6.08 Å². The molecule has 2 heterocycles. The van der Waals surface area contributed by atoms with Gasteiger partial charge in [0.1, 0.15) is 12.2 Å². The Hall–Kier alpha value is -1.20. The lowest BCUT2D eigenvalue weighted by atomic mass is 9.96. The van der Waals surface area contributed by atoms with E-state index in [1.807, 2.05) is 12.4 Å². The highest BCUT2D eigenvalue weighted by atomic mass is 16.3. The van der Waals surface area contributed by atoms with Gasteiger partial charge in [0.15, 0.2) is 0 Å². The molecule has 0 aliphatic carbocycles. The van der Waals surface area contributed by atoms with Crippen LogP contribution in [-0.2, 0) is 6.54 Å². The molecule has 1 aliphatic heterocycles. The summed E-state index contributed by atoms with van der Waals surface area (Å²) in [6.07, 6.45) is 7.43. The number of aromatic nitrogens is 3. The number of nitrogens with zero attached hydrogens (tertiary/aromatic N) is 4. The second kappa shape index (κ2) is 7.55. The molecule has 0 aromatic carbocycles. The molecule has 5 heteroatoms. The summed E-state index contributed by atoms with van der Waals surface area (Å²) in [5.74, 6) is 1.54. The van der Waals surface area contributed by atoms with Gasteiger partial charge in [0, 0.05) is 25.6 Å². The highest BCUT2D eigenvalue weighted by molar-refractivity contribution is 4.99. The van der Waals surface area contributed by atoms with Crippen LogP contribution in [0, 0.1) is 0 Å². The van der Waals surface area contributed by atoms with Crippen molar-refractivity contribution >= 4 is 0 Å². The van der Waals surface area contributed by atoms with Gasteiger partial charge in [0.2, 0.25) is 0 Å². The first-order valence-electron chi connectivity index (χ1n) is 7.63.